The van der Waals surface area contributed by atoms with Crippen LogP contribution in [0.25, 0.3) is 5.69 Å². The van der Waals surface area contributed by atoms with Crippen molar-refractivity contribution >= 4 is 21.7 Å². The lowest BCUT2D eigenvalue weighted by atomic mass is 10.1. The summed E-state index contributed by atoms with van der Waals surface area (Å²) in [6, 6.07) is 18.7. The van der Waals surface area contributed by atoms with Crippen LogP contribution < -0.4 is 0 Å². The van der Waals surface area contributed by atoms with Gasteiger partial charge in [-0.25, -0.2) is 4.68 Å². The third-order valence-electron chi connectivity index (χ3n) is 2.96. The molecule has 3 rings (SSSR count). The fourth-order valence-corrected chi connectivity index (χ4v) is 2.43. The lowest BCUT2D eigenvalue weighted by Gasteiger charge is -2.06. The van der Waals surface area contributed by atoms with Crippen molar-refractivity contribution in [1.29, 1.82) is 0 Å². The SMILES string of the molecule is O=C(c1cccc(Br)c1)c1ccnn1-c1ccccc1. The van der Waals surface area contributed by atoms with Crippen LogP contribution >= 0.6 is 15.9 Å². The third kappa shape index (κ3) is 2.42. The van der Waals surface area contributed by atoms with Crippen LogP contribution in [0.3, 0.4) is 0 Å². The Bertz CT molecular complexity index is 750. The number of hydrogen-bond donors (Lipinski definition) is 0. The van der Waals surface area contributed by atoms with Crippen molar-refractivity contribution in [2.75, 3.05) is 0 Å². The lowest BCUT2D eigenvalue weighted by molar-refractivity contribution is 0.103. The number of aromatic nitrogens is 2. The monoisotopic (exact) mass is 326 g/mol. The highest BCUT2D eigenvalue weighted by molar-refractivity contribution is 9.10. The number of ketones is 1. The maximum absolute atomic E-state index is 12.6. The van der Waals surface area contributed by atoms with Gasteiger partial charge in [0.05, 0.1) is 11.9 Å². The zero-order valence-corrected chi connectivity index (χ0v) is 12.1. The Morgan fingerprint density at radius 1 is 1.00 bits per heavy atom. The first-order valence-corrected chi connectivity index (χ1v) is 6.95. The molecule has 0 aliphatic carbocycles. The normalized spacial score (nSPS) is 10.4. The summed E-state index contributed by atoms with van der Waals surface area (Å²) in [7, 11) is 0. The fourth-order valence-electron chi connectivity index (χ4n) is 2.03. The van der Waals surface area contributed by atoms with E-state index in [9.17, 15) is 4.79 Å². The number of carbonyl (C=O) groups excluding carboxylic acids is 1. The molecule has 3 nitrogen and oxygen atoms in total. The number of hydrogen-bond acceptors (Lipinski definition) is 2. The van der Waals surface area contributed by atoms with Crippen molar-refractivity contribution in [2.24, 2.45) is 0 Å². The summed E-state index contributed by atoms with van der Waals surface area (Å²) in [6.45, 7) is 0. The minimum atomic E-state index is -0.0485. The third-order valence-corrected chi connectivity index (χ3v) is 3.46. The molecule has 0 fully saturated rings. The van der Waals surface area contributed by atoms with Gasteiger partial charge in [-0.15, -0.1) is 0 Å². The molecule has 20 heavy (non-hydrogen) atoms. The standard InChI is InChI=1S/C16H11BrN2O/c17-13-6-4-5-12(11-13)16(20)15-9-10-18-19(15)14-7-2-1-3-8-14/h1-11H. The first-order chi connectivity index (χ1) is 9.75. The van der Waals surface area contributed by atoms with Crippen LogP contribution in [0.1, 0.15) is 16.1 Å². The Kier molecular flexibility index (Phi) is 3.48. The molecular formula is C16H11BrN2O. The first kappa shape index (κ1) is 12.8. The zero-order valence-electron chi connectivity index (χ0n) is 10.5. The van der Waals surface area contributed by atoms with Crippen LogP contribution in [0, 0.1) is 0 Å². The van der Waals surface area contributed by atoms with E-state index in [2.05, 4.69) is 21.0 Å². The second kappa shape index (κ2) is 5.43. The summed E-state index contributed by atoms with van der Waals surface area (Å²) in [4.78, 5) is 12.6. The predicted octanol–water partition coefficient (Wildman–Crippen LogP) is 3.87. The van der Waals surface area contributed by atoms with Gasteiger partial charge in [0.25, 0.3) is 0 Å². The van der Waals surface area contributed by atoms with Crippen molar-refractivity contribution in [3.8, 4) is 5.69 Å². The molecule has 98 valence electrons. The smallest absolute Gasteiger partial charge is 0.211 e. The molecular weight excluding hydrogens is 316 g/mol. The second-order valence-corrected chi connectivity index (χ2v) is 5.22. The quantitative estimate of drug-likeness (QED) is 0.685. The number of carbonyl (C=O) groups is 1. The van der Waals surface area contributed by atoms with Gasteiger partial charge in [0.2, 0.25) is 5.78 Å². The fraction of sp³-hybridized carbons (Fsp3) is 0. The van der Waals surface area contributed by atoms with Gasteiger partial charge in [0.1, 0.15) is 5.69 Å². The van der Waals surface area contributed by atoms with Gasteiger partial charge in [-0.2, -0.15) is 5.10 Å². The molecule has 0 saturated carbocycles. The van der Waals surface area contributed by atoms with Crippen LogP contribution in [0.2, 0.25) is 0 Å². The molecule has 2 aromatic carbocycles. The Hall–Kier alpha value is -2.20. The van der Waals surface area contributed by atoms with E-state index in [0.29, 0.717) is 11.3 Å². The molecule has 4 heteroatoms. The van der Waals surface area contributed by atoms with E-state index >= 15 is 0 Å². The van der Waals surface area contributed by atoms with Crippen LogP contribution in [0.15, 0.2) is 71.3 Å². The number of halogens is 1. The molecule has 0 aliphatic rings. The molecule has 0 saturated heterocycles. The van der Waals surface area contributed by atoms with Gasteiger partial charge in [-0.3, -0.25) is 4.79 Å². The van der Waals surface area contributed by atoms with Gasteiger partial charge < -0.3 is 0 Å². The minimum Gasteiger partial charge on any atom is -0.287 e. The summed E-state index contributed by atoms with van der Waals surface area (Å²) in [5, 5.41) is 4.24. The highest BCUT2D eigenvalue weighted by Gasteiger charge is 2.15. The van der Waals surface area contributed by atoms with Gasteiger partial charge in [0, 0.05) is 10.0 Å². The number of benzene rings is 2. The van der Waals surface area contributed by atoms with Crippen molar-refractivity contribution in [3.05, 3.63) is 82.6 Å². The van der Waals surface area contributed by atoms with Crippen LogP contribution in [-0.4, -0.2) is 15.6 Å². The van der Waals surface area contributed by atoms with E-state index in [0.717, 1.165) is 10.2 Å². The van der Waals surface area contributed by atoms with E-state index < -0.39 is 0 Å². The summed E-state index contributed by atoms with van der Waals surface area (Å²) in [5.74, 6) is -0.0485. The van der Waals surface area contributed by atoms with E-state index in [-0.39, 0.29) is 5.78 Å². The van der Waals surface area contributed by atoms with E-state index in [1.807, 2.05) is 48.5 Å². The van der Waals surface area contributed by atoms with Gasteiger partial charge in [-0.1, -0.05) is 46.3 Å². The van der Waals surface area contributed by atoms with Gasteiger partial charge in [-0.05, 0) is 30.3 Å². The average molecular weight is 327 g/mol. The van der Waals surface area contributed by atoms with Crippen molar-refractivity contribution in [1.82, 2.24) is 9.78 Å². The zero-order chi connectivity index (χ0) is 13.9. The number of rotatable bonds is 3. The Morgan fingerprint density at radius 3 is 2.55 bits per heavy atom. The lowest BCUT2D eigenvalue weighted by Crippen LogP contribution is -2.09. The van der Waals surface area contributed by atoms with Crippen LogP contribution in [0.4, 0.5) is 0 Å². The number of para-hydroxylation sites is 1. The van der Waals surface area contributed by atoms with Gasteiger partial charge >= 0.3 is 0 Å². The molecule has 1 heterocycles. The first-order valence-electron chi connectivity index (χ1n) is 6.15. The van der Waals surface area contributed by atoms with E-state index in [1.54, 1.807) is 23.0 Å². The molecule has 1 aromatic heterocycles. The largest absolute Gasteiger partial charge is 0.287 e. The van der Waals surface area contributed by atoms with E-state index in [4.69, 9.17) is 0 Å². The minimum absolute atomic E-state index is 0.0485. The van der Waals surface area contributed by atoms with Crippen LogP contribution in [0.5, 0.6) is 0 Å². The number of nitrogens with zero attached hydrogens (tertiary/aromatic N) is 2. The predicted molar refractivity (Wildman–Crippen MR) is 81.1 cm³/mol. The Balaban J connectivity index is 2.04. The molecule has 0 spiro atoms. The maximum atomic E-state index is 12.6. The van der Waals surface area contributed by atoms with Crippen molar-refractivity contribution in [2.45, 2.75) is 0 Å². The summed E-state index contributed by atoms with van der Waals surface area (Å²) in [6.07, 6.45) is 1.64. The molecule has 0 atom stereocenters. The highest BCUT2D eigenvalue weighted by atomic mass is 79.9. The Labute approximate surface area is 125 Å². The average Bonchev–Trinajstić information content (AvgIpc) is 2.97. The molecule has 0 radical (unpaired) electrons. The summed E-state index contributed by atoms with van der Waals surface area (Å²) < 4.78 is 2.54. The summed E-state index contributed by atoms with van der Waals surface area (Å²) >= 11 is 3.38. The van der Waals surface area contributed by atoms with E-state index in [1.165, 1.54) is 0 Å². The highest BCUT2D eigenvalue weighted by Crippen LogP contribution is 2.17. The maximum Gasteiger partial charge on any atom is 0.211 e. The Morgan fingerprint density at radius 2 is 1.80 bits per heavy atom. The topological polar surface area (TPSA) is 34.9 Å². The van der Waals surface area contributed by atoms with Crippen molar-refractivity contribution in [3.63, 3.8) is 0 Å². The van der Waals surface area contributed by atoms with Crippen LogP contribution in [-0.2, 0) is 0 Å². The molecule has 0 amide bonds. The molecule has 0 aliphatic heterocycles. The molecule has 0 bridgehead atoms. The molecule has 0 N–H and O–H groups in total. The second-order valence-electron chi connectivity index (χ2n) is 4.30. The molecule has 3 aromatic rings. The summed E-state index contributed by atoms with van der Waals surface area (Å²) in [5.41, 5.74) is 2.06. The molecule has 0 unspecified atom stereocenters. The van der Waals surface area contributed by atoms with Gasteiger partial charge in [0.15, 0.2) is 0 Å². The van der Waals surface area contributed by atoms with Crippen molar-refractivity contribution < 1.29 is 4.79 Å².